The highest BCUT2D eigenvalue weighted by Gasteiger charge is 2.15. The van der Waals surface area contributed by atoms with Crippen molar-refractivity contribution in [3.8, 4) is 0 Å². The molecule has 1 aromatic rings. The Morgan fingerprint density at radius 1 is 1.47 bits per heavy atom. The van der Waals surface area contributed by atoms with Crippen molar-refractivity contribution < 1.29 is 18.7 Å². The predicted octanol–water partition coefficient (Wildman–Crippen LogP) is 0.618. The van der Waals surface area contributed by atoms with E-state index in [0.29, 0.717) is 17.5 Å². The molecule has 104 valence electrons. The van der Waals surface area contributed by atoms with Crippen LogP contribution in [-0.4, -0.2) is 31.6 Å². The van der Waals surface area contributed by atoms with Gasteiger partial charge in [-0.1, -0.05) is 6.92 Å². The van der Waals surface area contributed by atoms with E-state index in [4.69, 9.17) is 5.73 Å². The molecular formula is C13H17FN2O3. The fourth-order valence-electron chi connectivity index (χ4n) is 1.53. The first-order valence-electron chi connectivity index (χ1n) is 5.89. The SMILES string of the molecule is CCc1cc(C(=O)NC[C@@H](N)C(=O)OC)ccc1F. The van der Waals surface area contributed by atoms with Crippen molar-refractivity contribution in [2.24, 2.45) is 5.73 Å². The normalized spacial score (nSPS) is 11.8. The number of hydrogen-bond donors (Lipinski definition) is 2. The van der Waals surface area contributed by atoms with Crippen LogP contribution in [0.1, 0.15) is 22.8 Å². The molecule has 0 saturated carbocycles. The Kier molecular flexibility index (Phi) is 5.44. The van der Waals surface area contributed by atoms with Crippen molar-refractivity contribution in [3.63, 3.8) is 0 Å². The van der Waals surface area contributed by atoms with E-state index in [9.17, 15) is 14.0 Å². The molecule has 0 fully saturated rings. The van der Waals surface area contributed by atoms with Gasteiger partial charge in [-0.15, -0.1) is 0 Å². The van der Waals surface area contributed by atoms with Gasteiger partial charge >= 0.3 is 5.97 Å². The van der Waals surface area contributed by atoms with Gasteiger partial charge in [-0.25, -0.2) is 4.39 Å². The molecule has 0 heterocycles. The summed E-state index contributed by atoms with van der Waals surface area (Å²) < 4.78 is 17.7. The van der Waals surface area contributed by atoms with E-state index in [1.54, 1.807) is 6.92 Å². The third-order valence-electron chi connectivity index (χ3n) is 2.68. The summed E-state index contributed by atoms with van der Waals surface area (Å²) in [6.07, 6.45) is 0.495. The molecule has 0 aliphatic rings. The Balaban J connectivity index is 2.66. The number of methoxy groups -OCH3 is 1. The number of aryl methyl sites for hydroxylation is 1. The molecule has 0 spiro atoms. The summed E-state index contributed by atoms with van der Waals surface area (Å²) >= 11 is 0. The first kappa shape index (κ1) is 15.1. The summed E-state index contributed by atoms with van der Waals surface area (Å²) in [6.45, 7) is 1.76. The molecule has 19 heavy (non-hydrogen) atoms. The van der Waals surface area contributed by atoms with E-state index < -0.39 is 17.9 Å². The average Bonchev–Trinajstić information content (AvgIpc) is 2.43. The first-order chi connectivity index (χ1) is 8.99. The Morgan fingerprint density at radius 3 is 2.74 bits per heavy atom. The lowest BCUT2D eigenvalue weighted by atomic mass is 10.1. The molecule has 0 aromatic heterocycles. The largest absolute Gasteiger partial charge is 0.468 e. The van der Waals surface area contributed by atoms with Crippen molar-refractivity contribution in [1.82, 2.24) is 5.32 Å². The second-order valence-electron chi connectivity index (χ2n) is 4.00. The Bertz CT molecular complexity index is 477. The van der Waals surface area contributed by atoms with Crippen molar-refractivity contribution in [3.05, 3.63) is 35.1 Å². The number of halogens is 1. The van der Waals surface area contributed by atoms with Gasteiger partial charge in [-0.2, -0.15) is 0 Å². The van der Waals surface area contributed by atoms with Crippen molar-refractivity contribution in [2.45, 2.75) is 19.4 Å². The molecule has 0 aliphatic heterocycles. The van der Waals surface area contributed by atoms with Gasteiger partial charge in [0.15, 0.2) is 0 Å². The minimum absolute atomic E-state index is 0.0374. The zero-order chi connectivity index (χ0) is 14.4. The van der Waals surface area contributed by atoms with Gasteiger partial charge in [-0.3, -0.25) is 9.59 Å². The van der Waals surface area contributed by atoms with Crippen molar-refractivity contribution >= 4 is 11.9 Å². The molecule has 0 radical (unpaired) electrons. The minimum atomic E-state index is -0.917. The van der Waals surface area contributed by atoms with Gasteiger partial charge in [0.25, 0.3) is 5.91 Å². The van der Waals surface area contributed by atoms with E-state index in [2.05, 4.69) is 10.1 Å². The van der Waals surface area contributed by atoms with Gasteiger partial charge in [0, 0.05) is 12.1 Å². The van der Waals surface area contributed by atoms with Crippen LogP contribution in [0.25, 0.3) is 0 Å². The zero-order valence-corrected chi connectivity index (χ0v) is 10.9. The summed E-state index contributed by atoms with van der Waals surface area (Å²) in [7, 11) is 1.22. The maximum Gasteiger partial charge on any atom is 0.324 e. The smallest absolute Gasteiger partial charge is 0.324 e. The third-order valence-corrected chi connectivity index (χ3v) is 2.68. The van der Waals surface area contributed by atoms with Gasteiger partial charge in [0.05, 0.1) is 7.11 Å². The number of amides is 1. The maximum atomic E-state index is 13.3. The number of carbonyl (C=O) groups excluding carboxylic acids is 2. The van der Waals surface area contributed by atoms with E-state index in [1.165, 1.54) is 25.3 Å². The molecule has 0 saturated heterocycles. The van der Waals surface area contributed by atoms with Crippen molar-refractivity contribution in [1.29, 1.82) is 0 Å². The molecule has 1 aromatic carbocycles. The van der Waals surface area contributed by atoms with Gasteiger partial charge in [0.1, 0.15) is 11.9 Å². The summed E-state index contributed by atoms with van der Waals surface area (Å²) in [5, 5.41) is 2.50. The van der Waals surface area contributed by atoms with Crippen LogP contribution in [-0.2, 0) is 16.0 Å². The molecule has 1 atom stereocenters. The van der Waals surface area contributed by atoms with E-state index >= 15 is 0 Å². The second-order valence-corrected chi connectivity index (χ2v) is 4.00. The van der Waals surface area contributed by atoms with Crippen molar-refractivity contribution in [2.75, 3.05) is 13.7 Å². The van der Waals surface area contributed by atoms with Gasteiger partial charge in [-0.05, 0) is 30.2 Å². The lowest BCUT2D eigenvalue weighted by Crippen LogP contribution is -2.43. The minimum Gasteiger partial charge on any atom is -0.468 e. The van der Waals surface area contributed by atoms with Crippen LogP contribution in [0.3, 0.4) is 0 Å². The predicted molar refractivity (Wildman–Crippen MR) is 68.1 cm³/mol. The molecular weight excluding hydrogens is 251 g/mol. The number of ether oxygens (including phenoxy) is 1. The number of carbonyl (C=O) groups is 2. The molecule has 0 bridgehead atoms. The Labute approximate surface area is 110 Å². The van der Waals surface area contributed by atoms with Crippen LogP contribution in [0.2, 0.25) is 0 Å². The highest BCUT2D eigenvalue weighted by atomic mass is 19.1. The Morgan fingerprint density at radius 2 is 2.16 bits per heavy atom. The maximum absolute atomic E-state index is 13.3. The lowest BCUT2D eigenvalue weighted by molar-refractivity contribution is -0.141. The number of esters is 1. The first-order valence-corrected chi connectivity index (χ1v) is 5.89. The van der Waals surface area contributed by atoms with E-state index in [0.717, 1.165) is 0 Å². The van der Waals surface area contributed by atoms with Crippen LogP contribution in [0.4, 0.5) is 4.39 Å². The quantitative estimate of drug-likeness (QED) is 0.767. The second kappa shape index (κ2) is 6.84. The zero-order valence-electron chi connectivity index (χ0n) is 10.9. The molecule has 5 nitrogen and oxygen atoms in total. The highest BCUT2D eigenvalue weighted by molar-refractivity contribution is 5.94. The molecule has 3 N–H and O–H groups in total. The fraction of sp³-hybridized carbons (Fsp3) is 0.385. The van der Waals surface area contributed by atoms with Crippen LogP contribution < -0.4 is 11.1 Å². The number of benzene rings is 1. The van der Waals surface area contributed by atoms with Crippen LogP contribution in [0.5, 0.6) is 0 Å². The fourth-order valence-corrected chi connectivity index (χ4v) is 1.53. The van der Waals surface area contributed by atoms with E-state index in [-0.39, 0.29) is 12.4 Å². The monoisotopic (exact) mass is 268 g/mol. The third kappa shape index (κ3) is 4.03. The summed E-state index contributed by atoms with van der Waals surface area (Å²) in [6, 6.07) is 3.19. The van der Waals surface area contributed by atoms with E-state index in [1.807, 2.05) is 0 Å². The topological polar surface area (TPSA) is 81.4 Å². The molecule has 1 rings (SSSR count). The van der Waals surface area contributed by atoms with Gasteiger partial charge in [0.2, 0.25) is 0 Å². The standard InChI is InChI=1S/C13H17FN2O3/c1-3-8-6-9(4-5-10(8)14)12(17)16-7-11(15)13(18)19-2/h4-6,11H,3,7,15H2,1-2H3,(H,16,17)/t11-/m1/s1. The summed E-state index contributed by atoms with van der Waals surface area (Å²) in [4.78, 5) is 22.9. The van der Waals surface area contributed by atoms with Gasteiger partial charge < -0.3 is 15.8 Å². The lowest BCUT2D eigenvalue weighted by Gasteiger charge is -2.11. The highest BCUT2D eigenvalue weighted by Crippen LogP contribution is 2.11. The number of rotatable bonds is 5. The van der Waals surface area contributed by atoms with Crippen LogP contribution in [0, 0.1) is 5.82 Å². The number of nitrogens with two attached hydrogens (primary N) is 1. The number of nitrogens with one attached hydrogen (secondary N) is 1. The molecule has 0 aliphatic carbocycles. The van der Waals surface area contributed by atoms with Crippen LogP contribution >= 0.6 is 0 Å². The average molecular weight is 268 g/mol. The molecule has 6 heteroatoms. The van der Waals surface area contributed by atoms with Crippen LogP contribution in [0.15, 0.2) is 18.2 Å². The Hall–Kier alpha value is -1.95. The molecule has 1 amide bonds. The summed E-state index contributed by atoms with van der Waals surface area (Å²) in [5.74, 6) is -1.35. The number of hydrogen-bond acceptors (Lipinski definition) is 4. The summed E-state index contributed by atoms with van der Waals surface area (Å²) in [5.41, 5.74) is 6.28. The molecule has 0 unspecified atom stereocenters.